The van der Waals surface area contributed by atoms with Crippen molar-refractivity contribution in [3.05, 3.63) is 71.8 Å². The Morgan fingerprint density at radius 3 is 1.96 bits per heavy atom. The van der Waals surface area contributed by atoms with E-state index in [1.54, 1.807) is 31.3 Å². The van der Waals surface area contributed by atoms with Gasteiger partial charge in [0.2, 0.25) is 0 Å². The summed E-state index contributed by atoms with van der Waals surface area (Å²) in [5.41, 5.74) is 8.53. The van der Waals surface area contributed by atoms with Crippen LogP contribution >= 0.6 is 0 Å². The molecular formula is C19H19N3O3. The molecule has 1 amide bonds. The molecule has 0 aliphatic carbocycles. The number of rotatable bonds is 6. The highest BCUT2D eigenvalue weighted by Crippen LogP contribution is 2.20. The fourth-order valence-corrected chi connectivity index (χ4v) is 2.26. The number of carbonyl (C=O) groups is 2. The number of amides is 1. The van der Waals surface area contributed by atoms with E-state index in [4.69, 9.17) is 16.2 Å². The van der Waals surface area contributed by atoms with Crippen molar-refractivity contribution in [2.24, 2.45) is 5.73 Å². The first kappa shape index (κ1) is 17.9. The lowest BCUT2D eigenvalue weighted by Gasteiger charge is -2.15. The lowest BCUT2D eigenvalue weighted by molar-refractivity contribution is -0.131. The highest BCUT2D eigenvalue weighted by atomic mass is 16.4. The molecule has 128 valence electrons. The first-order valence-corrected chi connectivity index (χ1v) is 7.58. The monoisotopic (exact) mass is 337 g/mol. The van der Waals surface area contributed by atoms with Crippen LogP contribution in [-0.4, -0.2) is 41.3 Å². The summed E-state index contributed by atoms with van der Waals surface area (Å²) in [4.78, 5) is 24.2. The molecule has 2 aromatic rings. The van der Waals surface area contributed by atoms with E-state index in [0.717, 1.165) is 17.2 Å². The van der Waals surface area contributed by atoms with Crippen LogP contribution in [-0.2, 0) is 4.79 Å². The number of nitrogen functional groups attached to an aromatic ring is 1. The highest BCUT2D eigenvalue weighted by Gasteiger charge is 2.10. The zero-order valence-electron chi connectivity index (χ0n) is 13.8. The van der Waals surface area contributed by atoms with E-state index in [9.17, 15) is 9.59 Å². The summed E-state index contributed by atoms with van der Waals surface area (Å²) in [7, 11) is 1.61. The number of likely N-dealkylation sites (N-methyl/N-ethyl adjacent to an activating group) is 1. The second-order valence-electron chi connectivity index (χ2n) is 5.49. The molecule has 2 rings (SSSR count). The summed E-state index contributed by atoms with van der Waals surface area (Å²) in [5.74, 6) is -1.21. The average Bonchev–Trinajstić information content (AvgIpc) is 2.61. The predicted molar refractivity (Wildman–Crippen MR) is 96.6 cm³/mol. The maximum atomic E-state index is 12.3. The predicted octanol–water partition coefficient (Wildman–Crippen LogP) is 2.35. The maximum absolute atomic E-state index is 12.3. The number of hydrogen-bond acceptors (Lipinski definition) is 3. The van der Waals surface area contributed by atoms with Gasteiger partial charge in [0.1, 0.15) is 5.84 Å². The van der Waals surface area contributed by atoms with Crippen LogP contribution < -0.4 is 5.73 Å². The highest BCUT2D eigenvalue weighted by molar-refractivity contribution is 5.96. The molecule has 0 saturated heterocycles. The number of benzene rings is 2. The van der Waals surface area contributed by atoms with E-state index < -0.39 is 5.97 Å². The third-order valence-corrected chi connectivity index (χ3v) is 3.65. The Hall–Kier alpha value is -3.41. The molecular weight excluding hydrogens is 318 g/mol. The van der Waals surface area contributed by atoms with Crippen LogP contribution in [0.15, 0.2) is 60.7 Å². The van der Waals surface area contributed by atoms with E-state index in [1.807, 2.05) is 24.3 Å². The molecule has 0 saturated carbocycles. The van der Waals surface area contributed by atoms with E-state index in [2.05, 4.69) is 0 Å². The molecule has 25 heavy (non-hydrogen) atoms. The van der Waals surface area contributed by atoms with E-state index >= 15 is 0 Å². The van der Waals surface area contributed by atoms with Gasteiger partial charge in [-0.2, -0.15) is 0 Å². The van der Waals surface area contributed by atoms with Crippen LogP contribution in [0.25, 0.3) is 11.1 Å². The molecule has 0 fully saturated rings. The van der Waals surface area contributed by atoms with Crippen molar-refractivity contribution in [3.63, 3.8) is 0 Å². The molecule has 0 aliphatic rings. The molecule has 6 nitrogen and oxygen atoms in total. The molecule has 0 radical (unpaired) electrons. The van der Waals surface area contributed by atoms with Gasteiger partial charge in [-0.15, -0.1) is 0 Å². The lowest BCUT2D eigenvalue weighted by Crippen LogP contribution is -2.26. The number of carboxylic acids is 1. The fourth-order valence-electron chi connectivity index (χ4n) is 2.26. The van der Waals surface area contributed by atoms with Gasteiger partial charge in [0.15, 0.2) is 0 Å². The van der Waals surface area contributed by atoms with Gasteiger partial charge in [-0.05, 0) is 23.3 Å². The molecule has 0 heterocycles. The van der Waals surface area contributed by atoms with Gasteiger partial charge < -0.3 is 15.7 Å². The minimum Gasteiger partial charge on any atom is -0.478 e. The number of hydrogen-bond donors (Lipinski definition) is 3. The van der Waals surface area contributed by atoms with Crippen molar-refractivity contribution in [2.75, 3.05) is 13.6 Å². The Bertz CT molecular complexity index is 809. The second-order valence-corrected chi connectivity index (χ2v) is 5.49. The Morgan fingerprint density at radius 2 is 1.52 bits per heavy atom. The van der Waals surface area contributed by atoms with Crippen LogP contribution in [0.5, 0.6) is 0 Å². The van der Waals surface area contributed by atoms with Crippen molar-refractivity contribution in [1.29, 1.82) is 5.41 Å². The Kier molecular flexibility index (Phi) is 5.68. The van der Waals surface area contributed by atoms with Gasteiger partial charge in [-0.3, -0.25) is 10.2 Å². The normalized spacial score (nSPS) is 10.6. The summed E-state index contributed by atoms with van der Waals surface area (Å²) in [6.07, 6.45) is 2.43. The Labute approximate surface area is 145 Å². The van der Waals surface area contributed by atoms with Crippen molar-refractivity contribution in [3.8, 4) is 11.1 Å². The van der Waals surface area contributed by atoms with Crippen molar-refractivity contribution >= 4 is 17.7 Å². The van der Waals surface area contributed by atoms with Gasteiger partial charge in [0.25, 0.3) is 5.91 Å². The summed E-state index contributed by atoms with van der Waals surface area (Å²) in [6, 6.07) is 14.4. The molecule has 0 spiro atoms. The quantitative estimate of drug-likeness (QED) is 0.427. The first-order chi connectivity index (χ1) is 11.9. The van der Waals surface area contributed by atoms with Crippen LogP contribution in [0.2, 0.25) is 0 Å². The second kappa shape index (κ2) is 7.92. The zero-order valence-corrected chi connectivity index (χ0v) is 13.8. The first-order valence-electron chi connectivity index (χ1n) is 7.58. The summed E-state index contributed by atoms with van der Waals surface area (Å²) in [6.45, 7) is 0.222. The standard InChI is InChI=1S/C19H19N3O3/c1-22(12-2-3-17(23)24)19(25)16-10-6-14(7-11-16)13-4-8-15(9-5-13)18(20)21/h2-11H,12H2,1H3,(H3,20,21)(H,23,24)/b3-2+. The number of nitrogens with two attached hydrogens (primary N) is 1. The van der Waals surface area contributed by atoms with Crippen molar-refractivity contribution in [1.82, 2.24) is 4.90 Å². The smallest absolute Gasteiger partial charge is 0.328 e. The van der Waals surface area contributed by atoms with Crippen LogP contribution in [0.4, 0.5) is 0 Å². The zero-order chi connectivity index (χ0) is 18.4. The fraction of sp³-hybridized carbons (Fsp3) is 0.105. The molecule has 0 aromatic heterocycles. The number of nitrogens with zero attached hydrogens (tertiary/aromatic N) is 1. The topological polar surface area (TPSA) is 107 Å². The van der Waals surface area contributed by atoms with Gasteiger partial charge in [-0.25, -0.2) is 4.79 Å². The van der Waals surface area contributed by atoms with Gasteiger partial charge >= 0.3 is 5.97 Å². The van der Waals surface area contributed by atoms with Crippen LogP contribution in [0, 0.1) is 5.41 Å². The maximum Gasteiger partial charge on any atom is 0.328 e. The average molecular weight is 337 g/mol. The van der Waals surface area contributed by atoms with Gasteiger partial charge in [0, 0.05) is 30.8 Å². The molecule has 6 heteroatoms. The van der Waals surface area contributed by atoms with Gasteiger partial charge in [-0.1, -0.05) is 42.5 Å². The van der Waals surface area contributed by atoms with Crippen molar-refractivity contribution in [2.45, 2.75) is 0 Å². The third kappa shape index (κ3) is 4.78. The lowest BCUT2D eigenvalue weighted by atomic mass is 10.0. The number of carboxylic acid groups (broad SMARTS) is 1. The summed E-state index contributed by atoms with van der Waals surface area (Å²) < 4.78 is 0. The molecule has 0 unspecified atom stereocenters. The van der Waals surface area contributed by atoms with E-state index in [0.29, 0.717) is 11.1 Å². The Morgan fingerprint density at radius 1 is 1.04 bits per heavy atom. The van der Waals surface area contributed by atoms with Crippen LogP contribution in [0.1, 0.15) is 15.9 Å². The largest absolute Gasteiger partial charge is 0.478 e. The van der Waals surface area contributed by atoms with E-state index in [1.165, 1.54) is 11.0 Å². The van der Waals surface area contributed by atoms with Crippen molar-refractivity contribution < 1.29 is 14.7 Å². The molecule has 0 atom stereocenters. The number of amidine groups is 1. The van der Waals surface area contributed by atoms with Crippen LogP contribution in [0.3, 0.4) is 0 Å². The molecule has 0 aliphatic heterocycles. The molecule has 2 aromatic carbocycles. The van der Waals surface area contributed by atoms with E-state index in [-0.39, 0.29) is 18.3 Å². The molecule has 4 N–H and O–H groups in total. The summed E-state index contributed by atoms with van der Waals surface area (Å²) >= 11 is 0. The Balaban J connectivity index is 2.09. The number of nitrogens with one attached hydrogen (secondary N) is 1. The summed E-state index contributed by atoms with van der Waals surface area (Å²) in [5, 5.41) is 16.0. The third-order valence-electron chi connectivity index (χ3n) is 3.65. The minimum atomic E-state index is -1.04. The van der Waals surface area contributed by atoms with Gasteiger partial charge in [0.05, 0.1) is 0 Å². The number of aliphatic carboxylic acids is 1. The minimum absolute atomic E-state index is 0.0208. The number of carbonyl (C=O) groups excluding carboxylic acids is 1. The SMILES string of the molecule is CN(C/C=C/C(=O)O)C(=O)c1ccc(-c2ccc(C(=N)N)cc2)cc1. The molecule has 0 bridgehead atoms.